The Hall–Kier alpha value is -0.800. The van der Waals surface area contributed by atoms with Crippen LogP contribution in [-0.2, 0) is 6.54 Å². The third kappa shape index (κ3) is 3.68. The minimum atomic E-state index is 0.607. The highest BCUT2D eigenvalue weighted by Crippen LogP contribution is 2.28. The van der Waals surface area contributed by atoms with Crippen molar-refractivity contribution in [2.75, 3.05) is 13.7 Å². The first-order valence-corrected chi connectivity index (χ1v) is 5.74. The largest absolute Gasteiger partial charge is 0.488 e. The molecular formula is C12H16BrNO. The molecule has 0 atom stereocenters. The van der Waals surface area contributed by atoms with Crippen LogP contribution in [0.15, 0.2) is 34.8 Å². The number of hydrogen-bond donors (Lipinski definition) is 1. The van der Waals surface area contributed by atoms with E-state index in [0.717, 1.165) is 22.3 Å². The standard InChI is InChI=1S/C12H16BrNO/c1-3-4-8-15-12-10(9-14-2)6-5-7-11(12)13/h3-7,14H,8-9H2,1-2H3. The Morgan fingerprint density at radius 1 is 1.47 bits per heavy atom. The molecule has 82 valence electrons. The monoisotopic (exact) mass is 269 g/mol. The van der Waals surface area contributed by atoms with Gasteiger partial charge in [0.1, 0.15) is 12.4 Å². The van der Waals surface area contributed by atoms with Crippen molar-refractivity contribution in [3.8, 4) is 5.75 Å². The van der Waals surface area contributed by atoms with E-state index in [2.05, 4.69) is 27.3 Å². The molecule has 0 radical (unpaired) electrons. The number of ether oxygens (including phenoxy) is 1. The Balaban J connectivity index is 2.81. The van der Waals surface area contributed by atoms with Gasteiger partial charge in [-0.1, -0.05) is 24.3 Å². The average molecular weight is 270 g/mol. The predicted octanol–water partition coefficient (Wildman–Crippen LogP) is 3.12. The van der Waals surface area contributed by atoms with Crippen molar-refractivity contribution in [2.45, 2.75) is 13.5 Å². The summed E-state index contributed by atoms with van der Waals surface area (Å²) in [6.45, 7) is 3.40. The molecule has 3 heteroatoms. The fourth-order valence-corrected chi connectivity index (χ4v) is 1.79. The molecule has 0 aliphatic heterocycles. The maximum atomic E-state index is 5.69. The second kappa shape index (κ2) is 6.64. The van der Waals surface area contributed by atoms with Crippen molar-refractivity contribution < 1.29 is 4.74 Å². The zero-order valence-corrected chi connectivity index (χ0v) is 10.7. The molecule has 0 saturated carbocycles. The highest BCUT2D eigenvalue weighted by Gasteiger charge is 2.06. The zero-order chi connectivity index (χ0) is 11.1. The van der Waals surface area contributed by atoms with Crippen LogP contribution >= 0.6 is 15.9 Å². The molecule has 0 bridgehead atoms. The van der Waals surface area contributed by atoms with Gasteiger partial charge in [0.15, 0.2) is 0 Å². The Morgan fingerprint density at radius 2 is 2.27 bits per heavy atom. The summed E-state index contributed by atoms with van der Waals surface area (Å²) < 4.78 is 6.69. The quantitative estimate of drug-likeness (QED) is 0.830. The molecule has 1 aromatic rings. The molecule has 0 unspecified atom stereocenters. The van der Waals surface area contributed by atoms with Crippen LogP contribution in [0.4, 0.5) is 0 Å². The van der Waals surface area contributed by atoms with Crippen LogP contribution < -0.4 is 10.1 Å². The lowest BCUT2D eigenvalue weighted by Crippen LogP contribution is -2.07. The summed E-state index contributed by atoms with van der Waals surface area (Å²) >= 11 is 3.49. The highest BCUT2D eigenvalue weighted by atomic mass is 79.9. The third-order valence-corrected chi connectivity index (χ3v) is 2.60. The number of hydrogen-bond acceptors (Lipinski definition) is 2. The van der Waals surface area contributed by atoms with Gasteiger partial charge in [0, 0.05) is 12.1 Å². The van der Waals surface area contributed by atoms with Crippen LogP contribution in [0.25, 0.3) is 0 Å². The molecule has 0 amide bonds. The van der Waals surface area contributed by atoms with Gasteiger partial charge in [-0.05, 0) is 36.0 Å². The molecule has 0 aliphatic carbocycles. The first kappa shape index (κ1) is 12.3. The minimum Gasteiger partial charge on any atom is -0.488 e. The van der Waals surface area contributed by atoms with Gasteiger partial charge >= 0.3 is 0 Å². The van der Waals surface area contributed by atoms with E-state index in [-0.39, 0.29) is 0 Å². The van der Waals surface area contributed by atoms with Gasteiger partial charge in [-0.25, -0.2) is 0 Å². The van der Waals surface area contributed by atoms with Gasteiger partial charge in [0.05, 0.1) is 4.47 Å². The molecular weight excluding hydrogens is 254 g/mol. The smallest absolute Gasteiger partial charge is 0.138 e. The minimum absolute atomic E-state index is 0.607. The van der Waals surface area contributed by atoms with E-state index in [0.29, 0.717) is 6.61 Å². The van der Waals surface area contributed by atoms with E-state index in [1.54, 1.807) is 0 Å². The molecule has 1 N–H and O–H groups in total. The molecule has 0 aliphatic rings. The number of halogens is 1. The highest BCUT2D eigenvalue weighted by molar-refractivity contribution is 9.10. The fraction of sp³-hybridized carbons (Fsp3) is 0.333. The van der Waals surface area contributed by atoms with Crippen LogP contribution in [0.3, 0.4) is 0 Å². The maximum Gasteiger partial charge on any atom is 0.138 e. The topological polar surface area (TPSA) is 21.3 Å². The number of allylic oxidation sites excluding steroid dienone is 1. The predicted molar refractivity (Wildman–Crippen MR) is 67.2 cm³/mol. The van der Waals surface area contributed by atoms with E-state index in [1.807, 2.05) is 38.3 Å². The molecule has 15 heavy (non-hydrogen) atoms. The van der Waals surface area contributed by atoms with Gasteiger partial charge in [-0.3, -0.25) is 0 Å². The molecule has 0 saturated heterocycles. The van der Waals surface area contributed by atoms with Gasteiger partial charge in [-0.15, -0.1) is 0 Å². The van der Waals surface area contributed by atoms with E-state index in [1.165, 1.54) is 0 Å². The summed E-state index contributed by atoms with van der Waals surface area (Å²) in [6.07, 6.45) is 3.97. The summed E-state index contributed by atoms with van der Waals surface area (Å²) in [5, 5.41) is 3.12. The molecule has 2 nitrogen and oxygen atoms in total. The molecule has 1 aromatic carbocycles. The Bertz CT molecular complexity index is 336. The van der Waals surface area contributed by atoms with E-state index in [4.69, 9.17) is 4.74 Å². The van der Waals surface area contributed by atoms with Crippen molar-refractivity contribution in [1.29, 1.82) is 0 Å². The Labute approximate surface area is 99.5 Å². The fourth-order valence-electron chi connectivity index (χ4n) is 1.27. The van der Waals surface area contributed by atoms with Gasteiger partial charge < -0.3 is 10.1 Å². The van der Waals surface area contributed by atoms with Gasteiger partial charge in [0.25, 0.3) is 0 Å². The first-order valence-electron chi connectivity index (χ1n) is 4.95. The lowest BCUT2D eigenvalue weighted by atomic mass is 10.2. The number of benzene rings is 1. The summed E-state index contributed by atoms with van der Waals surface area (Å²) in [4.78, 5) is 0. The van der Waals surface area contributed by atoms with Crippen molar-refractivity contribution >= 4 is 15.9 Å². The zero-order valence-electron chi connectivity index (χ0n) is 9.09. The summed E-state index contributed by atoms with van der Waals surface area (Å²) in [7, 11) is 1.93. The van der Waals surface area contributed by atoms with Crippen molar-refractivity contribution in [3.63, 3.8) is 0 Å². The van der Waals surface area contributed by atoms with E-state index < -0.39 is 0 Å². The molecule has 0 heterocycles. The second-order valence-corrected chi connectivity index (χ2v) is 3.99. The first-order chi connectivity index (χ1) is 7.29. The lowest BCUT2D eigenvalue weighted by molar-refractivity contribution is 0.355. The Morgan fingerprint density at radius 3 is 2.93 bits per heavy atom. The summed E-state index contributed by atoms with van der Waals surface area (Å²) in [5.41, 5.74) is 1.16. The third-order valence-electron chi connectivity index (χ3n) is 1.98. The Kier molecular flexibility index (Phi) is 5.43. The second-order valence-electron chi connectivity index (χ2n) is 3.14. The van der Waals surface area contributed by atoms with E-state index >= 15 is 0 Å². The summed E-state index contributed by atoms with van der Waals surface area (Å²) in [5.74, 6) is 0.921. The SMILES string of the molecule is CC=CCOc1c(Br)cccc1CNC. The van der Waals surface area contributed by atoms with Gasteiger partial charge in [0.2, 0.25) is 0 Å². The number of rotatable bonds is 5. The van der Waals surface area contributed by atoms with Crippen molar-refractivity contribution in [2.24, 2.45) is 0 Å². The van der Waals surface area contributed by atoms with Crippen molar-refractivity contribution in [1.82, 2.24) is 5.32 Å². The maximum absolute atomic E-state index is 5.69. The van der Waals surface area contributed by atoms with Crippen LogP contribution in [0.1, 0.15) is 12.5 Å². The summed E-state index contributed by atoms with van der Waals surface area (Å²) in [6, 6.07) is 6.07. The molecule has 1 rings (SSSR count). The molecule has 0 fully saturated rings. The molecule has 0 spiro atoms. The normalized spacial score (nSPS) is 10.9. The lowest BCUT2D eigenvalue weighted by Gasteiger charge is -2.11. The number of nitrogens with one attached hydrogen (secondary N) is 1. The van der Waals surface area contributed by atoms with Crippen molar-refractivity contribution in [3.05, 3.63) is 40.4 Å². The van der Waals surface area contributed by atoms with Crippen LogP contribution in [0, 0.1) is 0 Å². The van der Waals surface area contributed by atoms with Gasteiger partial charge in [-0.2, -0.15) is 0 Å². The molecule has 0 aromatic heterocycles. The van der Waals surface area contributed by atoms with E-state index in [9.17, 15) is 0 Å². The van der Waals surface area contributed by atoms with Crippen LogP contribution in [-0.4, -0.2) is 13.7 Å². The average Bonchev–Trinajstić information content (AvgIpc) is 2.23. The van der Waals surface area contributed by atoms with Crippen LogP contribution in [0.2, 0.25) is 0 Å². The van der Waals surface area contributed by atoms with Crippen LogP contribution in [0.5, 0.6) is 5.75 Å². The number of para-hydroxylation sites is 1.